The van der Waals surface area contributed by atoms with Crippen molar-refractivity contribution in [1.82, 2.24) is 0 Å². The average molecular weight is 222 g/mol. The van der Waals surface area contributed by atoms with Crippen LogP contribution in [0.4, 0.5) is 0 Å². The van der Waals surface area contributed by atoms with Gasteiger partial charge in [-0.25, -0.2) is 0 Å². The number of aliphatic hydroxyl groups is 1. The molecule has 16 heavy (non-hydrogen) atoms. The van der Waals surface area contributed by atoms with Gasteiger partial charge in [-0.15, -0.1) is 0 Å². The third kappa shape index (κ3) is 0.885. The summed E-state index contributed by atoms with van der Waals surface area (Å²) in [6.07, 6.45) is 4.40. The van der Waals surface area contributed by atoms with E-state index in [4.69, 9.17) is 0 Å². The third-order valence-electron chi connectivity index (χ3n) is 6.13. The van der Waals surface area contributed by atoms with E-state index in [1.54, 1.807) is 0 Å². The Kier molecular flexibility index (Phi) is 1.66. The number of carboxylic acids is 1. The van der Waals surface area contributed by atoms with E-state index in [0.717, 1.165) is 18.3 Å². The zero-order chi connectivity index (χ0) is 11.0. The van der Waals surface area contributed by atoms with E-state index in [0.29, 0.717) is 17.8 Å². The molecule has 0 aliphatic heterocycles. The van der Waals surface area contributed by atoms with E-state index in [2.05, 4.69) is 0 Å². The SMILES string of the molecule is O=C(O)C1C(O)C2CC1C1C3CCC(C3)C21. The molecule has 4 saturated carbocycles. The van der Waals surface area contributed by atoms with Crippen LogP contribution in [-0.4, -0.2) is 22.3 Å². The van der Waals surface area contributed by atoms with Crippen molar-refractivity contribution >= 4 is 5.97 Å². The number of aliphatic carboxylic acids is 1. The molecule has 4 aliphatic carbocycles. The molecule has 0 aromatic rings. The molecule has 0 saturated heterocycles. The Balaban J connectivity index is 1.72. The molecule has 0 radical (unpaired) electrons. The molecule has 4 rings (SSSR count). The molecule has 8 unspecified atom stereocenters. The van der Waals surface area contributed by atoms with Crippen molar-refractivity contribution < 1.29 is 15.0 Å². The highest BCUT2D eigenvalue weighted by molar-refractivity contribution is 5.72. The number of carbonyl (C=O) groups is 1. The Morgan fingerprint density at radius 1 is 1.00 bits per heavy atom. The maximum atomic E-state index is 11.2. The number of aliphatic hydroxyl groups excluding tert-OH is 1. The van der Waals surface area contributed by atoms with Gasteiger partial charge in [-0.1, -0.05) is 0 Å². The lowest BCUT2D eigenvalue weighted by atomic mass is 9.66. The highest BCUT2D eigenvalue weighted by atomic mass is 16.4. The van der Waals surface area contributed by atoms with E-state index in [9.17, 15) is 15.0 Å². The van der Waals surface area contributed by atoms with Crippen LogP contribution >= 0.6 is 0 Å². The molecule has 0 amide bonds. The van der Waals surface area contributed by atoms with Crippen molar-refractivity contribution in [3.05, 3.63) is 0 Å². The largest absolute Gasteiger partial charge is 0.481 e. The van der Waals surface area contributed by atoms with Gasteiger partial charge in [0.2, 0.25) is 0 Å². The van der Waals surface area contributed by atoms with Crippen molar-refractivity contribution in [3.8, 4) is 0 Å². The Morgan fingerprint density at radius 3 is 2.25 bits per heavy atom. The number of fused-ring (bicyclic) bond motifs is 9. The van der Waals surface area contributed by atoms with Crippen molar-refractivity contribution in [2.45, 2.75) is 31.8 Å². The Labute approximate surface area is 94.8 Å². The summed E-state index contributed by atoms with van der Waals surface area (Å²) in [5.41, 5.74) is 0. The molecular weight excluding hydrogens is 204 g/mol. The van der Waals surface area contributed by atoms with Crippen LogP contribution in [0.3, 0.4) is 0 Å². The highest BCUT2D eigenvalue weighted by Crippen LogP contribution is 2.68. The first-order valence-electron chi connectivity index (χ1n) is 6.59. The number of carboxylic acid groups (broad SMARTS) is 1. The smallest absolute Gasteiger partial charge is 0.309 e. The monoisotopic (exact) mass is 222 g/mol. The van der Waals surface area contributed by atoms with Crippen molar-refractivity contribution in [2.75, 3.05) is 0 Å². The van der Waals surface area contributed by atoms with E-state index in [1.807, 2.05) is 0 Å². The topological polar surface area (TPSA) is 57.5 Å². The molecule has 2 N–H and O–H groups in total. The summed E-state index contributed by atoms with van der Waals surface area (Å²) in [7, 11) is 0. The van der Waals surface area contributed by atoms with Crippen LogP contribution in [0.25, 0.3) is 0 Å². The minimum Gasteiger partial charge on any atom is -0.481 e. The van der Waals surface area contributed by atoms with Gasteiger partial charge < -0.3 is 10.2 Å². The molecule has 0 heterocycles. The van der Waals surface area contributed by atoms with Crippen LogP contribution in [0.1, 0.15) is 25.7 Å². The van der Waals surface area contributed by atoms with E-state index in [-0.39, 0.29) is 5.92 Å². The third-order valence-corrected chi connectivity index (χ3v) is 6.13. The average Bonchev–Trinajstić information content (AvgIpc) is 2.92. The summed E-state index contributed by atoms with van der Waals surface area (Å²) in [5, 5.41) is 19.4. The van der Waals surface area contributed by atoms with Crippen LogP contribution in [0.5, 0.6) is 0 Å². The van der Waals surface area contributed by atoms with Crippen LogP contribution < -0.4 is 0 Å². The molecule has 4 bridgehead atoms. The van der Waals surface area contributed by atoms with Gasteiger partial charge in [0.05, 0.1) is 12.0 Å². The van der Waals surface area contributed by atoms with Crippen molar-refractivity contribution in [2.24, 2.45) is 41.4 Å². The molecule has 0 spiro atoms. The fourth-order valence-electron chi connectivity index (χ4n) is 5.88. The standard InChI is InChI=1S/C13H18O3/c14-12-8-4-7(11(12)13(15)16)9-5-1-2-6(3-5)10(8)9/h5-12,14H,1-4H2,(H,15,16). The molecular formula is C13H18O3. The maximum Gasteiger partial charge on any atom is 0.309 e. The molecule has 0 aromatic heterocycles. The highest BCUT2D eigenvalue weighted by Gasteiger charge is 2.66. The molecule has 4 fully saturated rings. The molecule has 8 atom stereocenters. The fourth-order valence-corrected chi connectivity index (χ4v) is 5.88. The van der Waals surface area contributed by atoms with Crippen molar-refractivity contribution in [3.63, 3.8) is 0 Å². The number of rotatable bonds is 1. The van der Waals surface area contributed by atoms with Gasteiger partial charge in [0, 0.05) is 0 Å². The second-order valence-corrected chi connectivity index (χ2v) is 6.41. The van der Waals surface area contributed by atoms with Gasteiger partial charge >= 0.3 is 5.97 Å². The first-order chi connectivity index (χ1) is 7.68. The van der Waals surface area contributed by atoms with Gasteiger partial charge in [0.15, 0.2) is 0 Å². The maximum absolute atomic E-state index is 11.2. The minimum atomic E-state index is -0.763. The van der Waals surface area contributed by atoms with Crippen LogP contribution in [0, 0.1) is 41.4 Å². The number of hydrogen-bond acceptors (Lipinski definition) is 2. The Hall–Kier alpha value is -0.570. The Morgan fingerprint density at radius 2 is 1.62 bits per heavy atom. The fraction of sp³-hybridized carbons (Fsp3) is 0.923. The first kappa shape index (κ1) is 9.46. The zero-order valence-corrected chi connectivity index (χ0v) is 9.25. The summed E-state index contributed by atoms with van der Waals surface area (Å²) >= 11 is 0. The molecule has 88 valence electrons. The second kappa shape index (κ2) is 2.81. The predicted octanol–water partition coefficient (Wildman–Crippen LogP) is 1.36. The minimum absolute atomic E-state index is 0.290. The molecule has 3 heteroatoms. The molecule has 3 nitrogen and oxygen atoms in total. The van der Waals surface area contributed by atoms with Crippen molar-refractivity contribution in [1.29, 1.82) is 0 Å². The van der Waals surface area contributed by atoms with Crippen LogP contribution in [-0.2, 0) is 4.79 Å². The van der Waals surface area contributed by atoms with Gasteiger partial charge in [0.25, 0.3) is 0 Å². The van der Waals surface area contributed by atoms with E-state index < -0.39 is 18.0 Å². The summed E-state index contributed by atoms with van der Waals surface area (Å²) in [5.74, 6) is 2.31. The van der Waals surface area contributed by atoms with Crippen LogP contribution in [0.2, 0.25) is 0 Å². The van der Waals surface area contributed by atoms with Gasteiger partial charge in [0.1, 0.15) is 0 Å². The van der Waals surface area contributed by atoms with Crippen LogP contribution in [0.15, 0.2) is 0 Å². The lowest BCUT2D eigenvalue weighted by molar-refractivity contribution is -0.151. The normalized spacial score (nSPS) is 61.6. The summed E-state index contributed by atoms with van der Waals surface area (Å²) < 4.78 is 0. The van der Waals surface area contributed by atoms with Gasteiger partial charge in [-0.3, -0.25) is 4.79 Å². The number of hydrogen-bond donors (Lipinski definition) is 2. The summed E-state index contributed by atoms with van der Waals surface area (Å²) in [4.78, 5) is 11.2. The van der Waals surface area contributed by atoms with E-state index >= 15 is 0 Å². The summed E-state index contributed by atoms with van der Waals surface area (Å²) in [6, 6.07) is 0. The lowest BCUT2D eigenvalue weighted by Gasteiger charge is -2.39. The first-order valence-corrected chi connectivity index (χ1v) is 6.59. The molecule has 4 aliphatic rings. The summed E-state index contributed by atoms with van der Waals surface area (Å²) in [6.45, 7) is 0. The predicted molar refractivity (Wildman–Crippen MR) is 56.5 cm³/mol. The lowest BCUT2D eigenvalue weighted by Crippen LogP contribution is -2.44. The van der Waals surface area contributed by atoms with Gasteiger partial charge in [-0.2, -0.15) is 0 Å². The van der Waals surface area contributed by atoms with E-state index in [1.165, 1.54) is 19.3 Å². The molecule has 0 aromatic carbocycles. The Bertz CT molecular complexity index is 353. The van der Waals surface area contributed by atoms with Gasteiger partial charge in [-0.05, 0) is 61.2 Å². The zero-order valence-electron chi connectivity index (χ0n) is 9.25. The quantitative estimate of drug-likeness (QED) is 0.659. The second-order valence-electron chi connectivity index (χ2n) is 6.41.